The van der Waals surface area contributed by atoms with Gasteiger partial charge in [-0.15, -0.1) is 0 Å². The number of carbonyl (C=O) groups excluding carboxylic acids is 2. The fourth-order valence-corrected chi connectivity index (χ4v) is 5.20. The van der Waals surface area contributed by atoms with E-state index in [0.29, 0.717) is 42.9 Å². The van der Waals surface area contributed by atoms with Crippen LogP contribution in [0.15, 0.2) is 54.1 Å². The van der Waals surface area contributed by atoms with Crippen LogP contribution in [0.4, 0.5) is 11.6 Å². The van der Waals surface area contributed by atoms with E-state index in [1.807, 2.05) is 28.8 Å². The third-order valence-corrected chi connectivity index (χ3v) is 6.93. The summed E-state index contributed by atoms with van der Waals surface area (Å²) in [4.78, 5) is 33.1. The Kier molecular flexibility index (Phi) is 5.64. The number of nitrogens with zero attached hydrogens (tertiary/aromatic N) is 3. The number of fused-ring (bicyclic) bond motifs is 4. The number of amides is 2. The van der Waals surface area contributed by atoms with E-state index in [0.717, 1.165) is 30.3 Å². The predicted molar refractivity (Wildman–Crippen MR) is 133 cm³/mol. The molecule has 0 fully saturated rings. The lowest BCUT2D eigenvalue weighted by atomic mass is 9.97. The third kappa shape index (κ3) is 4.13. The fraction of sp³-hybridized carbons (Fsp3) is 0.370. The second kappa shape index (κ2) is 9.09. The monoisotopic (exact) mass is 472 g/mol. The highest BCUT2D eigenvalue weighted by atomic mass is 16.6. The van der Waals surface area contributed by atoms with E-state index in [-0.39, 0.29) is 18.2 Å². The number of carbonyl (C=O) groups is 2. The van der Waals surface area contributed by atoms with Crippen molar-refractivity contribution < 1.29 is 19.1 Å². The zero-order chi connectivity index (χ0) is 23.8. The van der Waals surface area contributed by atoms with Crippen molar-refractivity contribution in [3.05, 3.63) is 54.1 Å². The van der Waals surface area contributed by atoms with Gasteiger partial charge in [-0.1, -0.05) is 23.8 Å². The van der Waals surface area contributed by atoms with Gasteiger partial charge in [0.1, 0.15) is 19.3 Å². The van der Waals surface area contributed by atoms with Gasteiger partial charge in [0.25, 0.3) is 5.91 Å². The molecule has 3 heterocycles. The minimum Gasteiger partial charge on any atom is -0.486 e. The Labute approximate surface area is 203 Å². The molecule has 8 nitrogen and oxygen atoms in total. The first-order valence-electron chi connectivity index (χ1n) is 12.3. The SMILES string of the molecule is O=C(CC1C(=O)N(CCC2=CCCCC2)c2nc3ccccc3n21)Nc1ccc2c(c1)OCCO2. The molecule has 1 aliphatic carbocycles. The minimum absolute atomic E-state index is 0.0276. The molecule has 35 heavy (non-hydrogen) atoms. The molecule has 1 aromatic heterocycles. The van der Waals surface area contributed by atoms with Gasteiger partial charge >= 0.3 is 0 Å². The molecule has 0 spiro atoms. The third-order valence-electron chi connectivity index (χ3n) is 6.93. The largest absolute Gasteiger partial charge is 0.486 e. The van der Waals surface area contributed by atoms with Crippen molar-refractivity contribution in [1.29, 1.82) is 0 Å². The van der Waals surface area contributed by atoms with E-state index < -0.39 is 6.04 Å². The van der Waals surface area contributed by atoms with E-state index in [2.05, 4.69) is 11.4 Å². The Bertz CT molecular complexity index is 1330. The Morgan fingerprint density at radius 3 is 2.80 bits per heavy atom. The Hall–Kier alpha value is -3.81. The molecule has 0 saturated heterocycles. The van der Waals surface area contributed by atoms with E-state index >= 15 is 0 Å². The Morgan fingerprint density at radius 1 is 1.09 bits per heavy atom. The van der Waals surface area contributed by atoms with Crippen molar-refractivity contribution >= 4 is 34.5 Å². The summed E-state index contributed by atoms with van der Waals surface area (Å²) in [7, 11) is 0. The molecular weight excluding hydrogens is 444 g/mol. The number of hydrogen-bond acceptors (Lipinski definition) is 5. The number of ether oxygens (including phenoxy) is 2. The van der Waals surface area contributed by atoms with Crippen LogP contribution in [0.3, 0.4) is 0 Å². The molecule has 0 bridgehead atoms. The van der Waals surface area contributed by atoms with Crippen LogP contribution in [0.2, 0.25) is 0 Å². The zero-order valence-electron chi connectivity index (χ0n) is 19.5. The van der Waals surface area contributed by atoms with Crippen molar-refractivity contribution in [2.75, 3.05) is 30.0 Å². The summed E-state index contributed by atoms with van der Waals surface area (Å²) in [5.41, 5.74) is 3.72. The average molecular weight is 473 g/mol. The standard InChI is InChI=1S/C27H28N4O4/c32-25(28-19-10-11-23-24(16-19)35-15-14-34-23)17-22-26(33)30(13-12-18-6-2-1-3-7-18)27-29-20-8-4-5-9-21(20)31(22)27/h4-6,8-11,16,22H,1-3,7,12-15,17H2,(H,28,32). The summed E-state index contributed by atoms with van der Waals surface area (Å²) >= 11 is 0. The average Bonchev–Trinajstić information content (AvgIpc) is 3.37. The van der Waals surface area contributed by atoms with Crippen molar-refractivity contribution in [2.24, 2.45) is 0 Å². The van der Waals surface area contributed by atoms with Crippen LogP contribution < -0.4 is 19.7 Å². The van der Waals surface area contributed by atoms with Gasteiger partial charge < -0.3 is 14.8 Å². The number of para-hydroxylation sites is 2. The lowest BCUT2D eigenvalue weighted by Crippen LogP contribution is -2.32. The summed E-state index contributed by atoms with van der Waals surface area (Å²) in [5.74, 6) is 1.59. The van der Waals surface area contributed by atoms with Crippen LogP contribution in [0.5, 0.6) is 11.5 Å². The summed E-state index contributed by atoms with van der Waals surface area (Å²) in [6.45, 7) is 1.57. The Balaban J connectivity index is 1.23. The lowest BCUT2D eigenvalue weighted by Gasteiger charge is -2.19. The van der Waals surface area contributed by atoms with Gasteiger partial charge in [0.15, 0.2) is 11.5 Å². The topological polar surface area (TPSA) is 85.7 Å². The highest BCUT2D eigenvalue weighted by Gasteiger charge is 2.40. The van der Waals surface area contributed by atoms with Crippen molar-refractivity contribution in [3.63, 3.8) is 0 Å². The van der Waals surface area contributed by atoms with Crippen LogP contribution in [-0.4, -0.2) is 41.1 Å². The van der Waals surface area contributed by atoms with Crippen LogP contribution in [0.1, 0.15) is 44.6 Å². The number of hydrogen-bond donors (Lipinski definition) is 1. The first-order valence-corrected chi connectivity index (χ1v) is 12.3. The van der Waals surface area contributed by atoms with Gasteiger partial charge in [-0.25, -0.2) is 4.98 Å². The smallest absolute Gasteiger partial charge is 0.253 e. The Morgan fingerprint density at radius 2 is 1.94 bits per heavy atom. The lowest BCUT2D eigenvalue weighted by molar-refractivity contribution is -0.124. The zero-order valence-corrected chi connectivity index (χ0v) is 19.5. The van der Waals surface area contributed by atoms with E-state index in [9.17, 15) is 9.59 Å². The molecular formula is C27H28N4O4. The van der Waals surface area contributed by atoms with Gasteiger partial charge in [0.2, 0.25) is 11.9 Å². The van der Waals surface area contributed by atoms with Crippen LogP contribution in [0.25, 0.3) is 11.0 Å². The number of aromatic nitrogens is 2. The molecule has 1 atom stereocenters. The second-order valence-electron chi connectivity index (χ2n) is 9.25. The van der Waals surface area contributed by atoms with Gasteiger partial charge in [-0.05, 0) is 56.4 Å². The molecule has 3 aliphatic rings. The normalized spacial score (nSPS) is 19.0. The number of anilines is 2. The molecule has 0 radical (unpaired) electrons. The molecule has 6 rings (SSSR count). The molecule has 1 unspecified atom stereocenters. The van der Waals surface area contributed by atoms with Crippen molar-refractivity contribution in [1.82, 2.24) is 9.55 Å². The van der Waals surface area contributed by atoms with Gasteiger partial charge in [0.05, 0.1) is 17.5 Å². The molecule has 8 heteroatoms. The van der Waals surface area contributed by atoms with Crippen molar-refractivity contribution in [2.45, 2.75) is 44.6 Å². The van der Waals surface area contributed by atoms with Crippen molar-refractivity contribution in [3.8, 4) is 11.5 Å². The molecule has 0 saturated carbocycles. The number of rotatable bonds is 6. The van der Waals surface area contributed by atoms with Crippen LogP contribution >= 0.6 is 0 Å². The predicted octanol–water partition coefficient (Wildman–Crippen LogP) is 4.61. The maximum Gasteiger partial charge on any atom is 0.253 e. The highest BCUT2D eigenvalue weighted by molar-refractivity contribution is 6.05. The second-order valence-corrected chi connectivity index (χ2v) is 9.25. The molecule has 2 aromatic carbocycles. The maximum atomic E-state index is 13.5. The minimum atomic E-state index is -0.630. The number of benzene rings is 2. The van der Waals surface area contributed by atoms with E-state index in [1.165, 1.54) is 18.4 Å². The number of imidazole rings is 1. The molecule has 3 aromatic rings. The van der Waals surface area contributed by atoms with Crippen LogP contribution in [-0.2, 0) is 9.59 Å². The molecule has 2 amide bonds. The van der Waals surface area contributed by atoms with Gasteiger partial charge in [0, 0.05) is 18.3 Å². The van der Waals surface area contributed by atoms with Gasteiger partial charge in [-0.3, -0.25) is 19.1 Å². The summed E-state index contributed by atoms with van der Waals surface area (Å²) < 4.78 is 13.1. The molecule has 1 N–H and O–H groups in total. The molecule has 2 aliphatic heterocycles. The fourth-order valence-electron chi connectivity index (χ4n) is 5.20. The maximum absolute atomic E-state index is 13.5. The van der Waals surface area contributed by atoms with E-state index in [1.54, 1.807) is 23.1 Å². The first kappa shape index (κ1) is 21.7. The van der Waals surface area contributed by atoms with E-state index in [4.69, 9.17) is 14.5 Å². The summed E-state index contributed by atoms with van der Waals surface area (Å²) in [5, 5.41) is 2.92. The van der Waals surface area contributed by atoms with Gasteiger partial charge in [-0.2, -0.15) is 0 Å². The van der Waals surface area contributed by atoms with Crippen LogP contribution in [0, 0.1) is 0 Å². The molecule has 180 valence electrons. The summed E-state index contributed by atoms with van der Waals surface area (Å²) in [6, 6.07) is 12.5. The number of nitrogens with one attached hydrogen (secondary N) is 1. The quantitative estimate of drug-likeness (QED) is 0.530. The summed E-state index contributed by atoms with van der Waals surface area (Å²) in [6.07, 6.45) is 7.84. The number of allylic oxidation sites excluding steroid dienone is 1. The first-order chi connectivity index (χ1) is 17.2. The highest BCUT2D eigenvalue weighted by Crippen LogP contribution is 2.38.